The summed E-state index contributed by atoms with van der Waals surface area (Å²) in [7, 11) is -2.27. The SMILES string of the molecule is CCC(CO)N(C)CCO.CCOS(=O)(=O)O. The number of rotatable bonds is 7. The molecule has 0 aliphatic carbocycles. The minimum Gasteiger partial charge on any atom is -0.395 e. The molecule has 0 rings (SSSR count). The van der Waals surface area contributed by atoms with Crippen LogP contribution in [0.5, 0.6) is 0 Å². The van der Waals surface area contributed by atoms with Crippen molar-refractivity contribution >= 4 is 10.4 Å². The molecule has 0 heterocycles. The standard InChI is InChI=1S/C7H17NO2.C2H6O4S/c1-3-7(6-10)8(2)4-5-9;1-2-6-7(3,4)5/h7,9-10H,3-6H2,1-2H3;2H2,1H3,(H,3,4,5). The Bertz CT molecular complexity index is 252. The van der Waals surface area contributed by atoms with Crippen LogP contribution in [-0.4, -0.2) is 67.5 Å². The van der Waals surface area contributed by atoms with E-state index in [-0.39, 0.29) is 25.9 Å². The molecule has 0 bridgehead atoms. The second-order valence-electron chi connectivity index (χ2n) is 3.28. The van der Waals surface area contributed by atoms with Crippen molar-refractivity contribution in [3.8, 4) is 0 Å². The summed E-state index contributed by atoms with van der Waals surface area (Å²) in [5.41, 5.74) is 0. The Morgan fingerprint density at radius 3 is 2.00 bits per heavy atom. The predicted octanol–water partition coefficient (Wildman–Crippen LogP) is -0.493. The topological polar surface area (TPSA) is 107 Å². The Labute approximate surface area is 103 Å². The molecule has 0 fully saturated rings. The highest BCUT2D eigenvalue weighted by atomic mass is 32.3. The summed E-state index contributed by atoms with van der Waals surface area (Å²) in [4.78, 5) is 1.96. The third kappa shape index (κ3) is 13.7. The molecule has 0 saturated carbocycles. The van der Waals surface area contributed by atoms with E-state index >= 15 is 0 Å². The minimum absolute atomic E-state index is 0.0289. The second kappa shape index (κ2) is 10.9. The smallest absolute Gasteiger partial charge is 0.395 e. The first-order valence-corrected chi connectivity index (χ1v) is 6.72. The van der Waals surface area contributed by atoms with Gasteiger partial charge in [-0.15, -0.1) is 0 Å². The Morgan fingerprint density at radius 2 is 1.82 bits per heavy atom. The molecule has 0 aromatic heterocycles. The van der Waals surface area contributed by atoms with Crippen LogP contribution in [0.4, 0.5) is 0 Å². The maximum absolute atomic E-state index is 9.56. The fourth-order valence-electron chi connectivity index (χ4n) is 1.07. The molecule has 8 heteroatoms. The fraction of sp³-hybridized carbons (Fsp3) is 1.00. The van der Waals surface area contributed by atoms with Gasteiger partial charge < -0.3 is 10.2 Å². The average Bonchev–Trinajstić information content (AvgIpc) is 2.19. The number of aliphatic hydroxyl groups excluding tert-OH is 2. The second-order valence-corrected chi connectivity index (χ2v) is 4.37. The first-order valence-electron chi connectivity index (χ1n) is 5.36. The van der Waals surface area contributed by atoms with Gasteiger partial charge in [-0.2, -0.15) is 8.42 Å². The Hall–Kier alpha value is -0.250. The van der Waals surface area contributed by atoms with Crippen LogP contribution in [0.3, 0.4) is 0 Å². The van der Waals surface area contributed by atoms with Gasteiger partial charge in [0.2, 0.25) is 0 Å². The summed E-state index contributed by atoms with van der Waals surface area (Å²) < 4.78 is 30.7. The van der Waals surface area contributed by atoms with E-state index in [0.717, 1.165) is 6.42 Å². The van der Waals surface area contributed by atoms with Crippen molar-refractivity contribution < 1.29 is 27.4 Å². The largest absolute Gasteiger partial charge is 0.397 e. The lowest BCUT2D eigenvalue weighted by Crippen LogP contribution is -2.36. The van der Waals surface area contributed by atoms with Gasteiger partial charge in [-0.05, 0) is 20.4 Å². The van der Waals surface area contributed by atoms with Crippen LogP contribution >= 0.6 is 0 Å². The molecule has 17 heavy (non-hydrogen) atoms. The fourth-order valence-corrected chi connectivity index (χ4v) is 1.37. The molecule has 0 spiro atoms. The Kier molecular flexibility index (Phi) is 12.2. The summed E-state index contributed by atoms with van der Waals surface area (Å²) in [6, 6.07) is 0.201. The van der Waals surface area contributed by atoms with Gasteiger partial charge in [-0.25, -0.2) is 4.18 Å². The zero-order valence-corrected chi connectivity index (χ0v) is 11.4. The molecule has 0 aliphatic rings. The normalized spacial score (nSPS) is 13.1. The van der Waals surface area contributed by atoms with Crippen molar-refractivity contribution in [3.63, 3.8) is 0 Å². The molecule has 1 atom stereocenters. The van der Waals surface area contributed by atoms with E-state index in [1.165, 1.54) is 6.92 Å². The lowest BCUT2D eigenvalue weighted by Gasteiger charge is -2.23. The number of hydrogen-bond acceptors (Lipinski definition) is 6. The average molecular weight is 273 g/mol. The van der Waals surface area contributed by atoms with Gasteiger partial charge in [0, 0.05) is 12.6 Å². The minimum atomic E-state index is -4.17. The van der Waals surface area contributed by atoms with Crippen molar-refractivity contribution in [2.75, 3.05) is 33.4 Å². The molecule has 7 nitrogen and oxygen atoms in total. The quantitative estimate of drug-likeness (QED) is 0.537. The van der Waals surface area contributed by atoms with Crippen LogP contribution in [0.1, 0.15) is 20.3 Å². The monoisotopic (exact) mass is 273 g/mol. The summed E-state index contributed by atoms with van der Waals surface area (Å²) >= 11 is 0. The van der Waals surface area contributed by atoms with Gasteiger partial charge in [-0.3, -0.25) is 9.45 Å². The van der Waals surface area contributed by atoms with Gasteiger partial charge in [0.25, 0.3) is 0 Å². The molecule has 0 amide bonds. The predicted molar refractivity (Wildman–Crippen MR) is 64.1 cm³/mol. The molecule has 106 valence electrons. The zero-order chi connectivity index (χ0) is 13.9. The number of nitrogens with zero attached hydrogens (tertiary/aromatic N) is 1. The van der Waals surface area contributed by atoms with Crippen LogP contribution in [0, 0.1) is 0 Å². The maximum Gasteiger partial charge on any atom is 0.397 e. The van der Waals surface area contributed by atoms with Gasteiger partial charge in [0.05, 0.1) is 19.8 Å². The summed E-state index contributed by atoms with van der Waals surface area (Å²) in [5.74, 6) is 0. The summed E-state index contributed by atoms with van der Waals surface area (Å²) in [6.45, 7) is 4.43. The third-order valence-corrected chi connectivity index (χ3v) is 2.56. The first-order chi connectivity index (χ1) is 7.82. The Morgan fingerprint density at radius 1 is 1.29 bits per heavy atom. The van der Waals surface area contributed by atoms with Gasteiger partial charge >= 0.3 is 10.4 Å². The van der Waals surface area contributed by atoms with E-state index < -0.39 is 10.4 Å². The van der Waals surface area contributed by atoms with Crippen molar-refractivity contribution in [2.45, 2.75) is 26.3 Å². The van der Waals surface area contributed by atoms with Crippen LogP contribution in [0.15, 0.2) is 0 Å². The highest BCUT2D eigenvalue weighted by Gasteiger charge is 2.09. The maximum atomic E-state index is 9.56. The van der Waals surface area contributed by atoms with Crippen LogP contribution in [0.2, 0.25) is 0 Å². The third-order valence-electron chi connectivity index (χ3n) is 2.02. The van der Waals surface area contributed by atoms with Crippen molar-refractivity contribution in [2.24, 2.45) is 0 Å². The molecule has 0 aromatic carbocycles. The van der Waals surface area contributed by atoms with Crippen LogP contribution in [0.25, 0.3) is 0 Å². The lowest BCUT2D eigenvalue weighted by molar-refractivity contribution is 0.122. The number of hydrogen-bond donors (Lipinski definition) is 3. The van der Waals surface area contributed by atoms with E-state index in [4.69, 9.17) is 14.8 Å². The van der Waals surface area contributed by atoms with Gasteiger partial charge in [0.1, 0.15) is 0 Å². The van der Waals surface area contributed by atoms with Crippen LogP contribution in [-0.2, 0) is 14.6 Å². The highest BCUT2D eigenvalue weighted by Crippen LogP contribution is 1.98. The van der Waals surface area contributed by atoms with E-state index in [0.29, 0.717) is 6.54 Å². The van der Waals surface area contributed by atoms with Gasteiger partial charge in [-0.1, -0.05) is 6.92 Å². The number of aliphatic hydroxyl groups is 2. The molecule has 3 N–H and O–H groups in total. The summed E-state index contributed by atoms with van der Waals surface area (Å²) in [6.07, 6.45) is 0.924. The molecular formula is C9H23NO6S. The van der Waals surface area contributed by atoms with Crippen molar-refractivity contribution in [1.82, 2.24) is 4.90 Å². The lowest BCUT2D eigenvalue weighted by atomic mass is 10.2. The zero-order valence-electron chi connectivity index (χ0n) is 10.5. The van der Waals surface area contributed by atoms with Gasteiger partial charge in [0.15, 0.2) is 0 Å². The molecule has 0 radical (unpaired) electrons. The van der Waals surface area contributed by atoms with E-state index in [2.05, 4.69) is 4.18 Å². The van der Waals surface area contributed by atoms with E-state index in [1.807, 2.05) is 18.9 Å². The highest BCUT2D eigenvalue weighted by molar-refractivity contribution is 7.80. The van der Waals surface area contributed by atoms with Crippen molar-refractivity contribution in [1.29, 1.82) is 0 Å². The Balaban J connectivity index is 0. The van der Waals surface area contributed by atoms with E-state index in [1.54, 1.807) is 0 Å². The number of likely N-dealkylation sites (N-methyl/N-ethyl adjacent to an activating group) is 1. The summed E-state index contributed by atoms with van der Waals surface area (Å²) in [5, 5.41) is 17.4. The first kappa shape index (κ1) is 19.1. The molecule has 0 aromatic rings. The molecule has 0 saturated heterocycles. The molecular weight excluding hydrogens is 250 g/mol. The van der Waals surface area contributed by atoms with Crippen LogP contribution < -0.4 is 0 Å². The molecule has 1 unspecified atom stereocenters. The molecule has 0 aliphatic heterocycles. The van der Waals surface area contributed by atoms with E-state index in [9.17, 15) is 8.42 Å². The van der Waals surface area contributed by atoms with Crippen molar-refractivity contribution in [3.05, 3.63) is 0 Å².